The molecule has 130 valence electrons. The molecule has 0 aliphatic heterocycles. The molecule has 11 heteroatoms. The first-order chi connectivity index (χ1) is 10.3. The van der Waals surface area contributed by atoms with E-state index in [0.717, 1.165) is 11.4 Å². The number of alkyl halides is 6. The fourth-order valence-electron chi connectivity index (χ4n) is 1.73. The van der Waals surface area contributed by atoms with Crippen molar-refractivity contribution in [2.24, 2.45) is 0 Å². The smallest absolute Gasteiger partial charge is 0.316 e. The number of hydrogen-bond acceptors (Lipinski definition) is 1. The molecule has 3 nitrogen and oxygen atoms in total. The highest BCUT2D eigenvalue weighted by molar-refractivity contribution is 6.35. The summed E-state index contributed by atoms with van der Waals surface area (Å²) in [5.74, 6) is 0. The van der Waals surface area contributed by atoms with Gasteiger partial charge in [0.2, 0.25) is 5.54 Å². The fraction of sp³-hybridized carbons (Fsp3) is 0.417. The third-order valence-corrected chi connectivity index (χ3v) is 3.57. The molecule has 2 N–H and O–H groups in total. The minimum atomic E-state index is -5.74. The summed E-state index contributed by atoms with van der Waals surface area (Å²) < 4.78 is 77.4. The molecule has 0 saturated heterocycles. The van der Waals surface area contributed by atoms with Gasteiger partial charge in [-0.2, -0.15) is 26.3 Å². The zero-order valence-corrected chi connectivity index (χ0v) is 12.9. The van der Waals surface area contributed by atoms with Gasteiger partial charge in [0.1, 0.15) is 0 Å². The van der Waals surface area contributed by atoms with Gasteiger partial charge in [0, 0.05) is 5.02 Å². The predicted octanol–water partition coefficient (Wildman–Crippen LogP) is 5.39. The molecule has 0 fully saturated rings. The molecule has 1 aromatic carbocycles. The van der Waals surface area contributed by atoms with Crippen molar-refractivity contribution in [1.29, 1.82) is 0 Å². The Labute approximate surface area is 136 Å². The minimum Gasteiger partial charge on any atom is -0.316 e. The Hall–Kier alpha value is -1.35. The lowest BCUT2D eigenvalue weighted by Gasteiger charge is -2.37. The Morgan fingerprint density at radius 2 is 1.61 bits per heavy atom. The second kappa shape index (κ2) is 6.64. The van der Waals surface area contributed by atoms with E-state index in [9.17, 15) is 31.1 Å². The van der Waals surface area contributed by atoms with Crippen molar-refractivity contribution < 1.29 is 31.1 Å². The van der Waals surface area contributed by atoms with E-state index in [1.54, 1.807) is 0 Å². The van der Waals surface area contributed by atoms with E-state index in [4.69, 9.17) is 23.2 Å². The van der Waals surface area contributed by atoms with Crippen LogP contribution in [0.4, 0.5) is 36.8 Å². The van der Waals surface area contributed by atoms with Crippen LogP contribution in [0.3, 0.4) is 0 Å². The summed E-state index contributed by atoms with van der Waals surface area (Å²) >= 11 is 11.3. The lowest BCUT2D eigenvalue weighted by atomic mass is 9.94. The van der Waals surface area contributed by atoms with Crippen LogP contribution in [-0.4, -0.2) is 23.9 Å². The number of nitrogens with one attached hydrogen (secondary N) is 2. The summed E-state index contributed by atoms with van der Waals surface area (Å²) in [6, 6.07) is 1.92. The van der Waals surface area contributed by atoms with E-state index in [-0.39, 0.29) is 15.7 Å². The van der Waals surface area contributed by atoms with Gasteiger partial charge in [-0.05, 0) is 24.6 Å². The summed E-state index contributed by atoms with van der Waals surface area (Å²) in [7, 11) is 0. The maximum Gasteiger partial charge on any atom is 0.420 e. The highest BCUT2D eigenvalue weighted by atomic mass is 35.5. The first kappa shape index (κ1) is 19.7. The van der Waals surface area contributed by atoms with Crippen LogP contribution in [0.25, 0.3) is 0 Å². The second-order valence-corrected chi connectivity index (χ2v) is 5.30. The van der Waals surface area contributed by atoms with Crippen molar-refractivity contribution in [3.05, 3.63) is 28.2 Å². The van der Waals surface area contributed by atoms with Gasteiger partial charge in [0.05, 0.1) is 10.7 Å². The third-order valence-electron chi connectivity index (χ3n) is 3.00. The zero-order valence-electron chi connectivity index (χ0n) is 11.4. The van der Waals surface area contributed by atoms with Gasteiger partial charge in [0.15, 0.2) is 0 Å². The molecule has 0 saturated carbocycles. The van der Waals surface area contributed by atoms with Crippen molar-refractivity contribution in [3.63, 3.8) is 0 Å². The van der Waals surface area contributed by atoms with Gasteiger partial charge in [-0.3, -0.25) is 0 Å². The molecule has 0 atom stereocenters. The molecule has 0 spiro atoms. The molecule has 1 rings (SSSR count). The highest BCUT2D eigenvalue weighted by Gasteiger charge is 2.70. The van der Waals surface area contributed by atoms with E-state index in [1.165, 1.54) is 12.1 Å². The Kier molecular flexibility index (Phi) is 5.69. The van der Waals surface area contributed by atoms with Crippen LogP contribution in [0.15, 0.2) is 18.2 Å². The lowest BCUT2D eigenvalue weighted by Crippen LogP contribution is -2.67. The van der Waals surface area contributed by atoms with E-state index >= 15 is 0 Å². The quantitative estimate of drug-likeness (QED) is 0.676. The van der Waals surface area contributed by atoms with Gasteiger partial charge in [-0.15, -0.1) is 0 Å². The van der Waals surface area contributed by atoms with E-state index in [2.05, 4.69) is 0 Å². The molecular formula is C12H10Cl2F6N2O. The molecule has 1 aromatic rings. The molecule has 0 radical (unpaired) electrons. The number of hydrogen-bond donors (Lipinski definition) is 2. The zero-order chi connectivity index (χ0) is 18.1. The normalized spacial score (nSPS) is 12.9. The van der Waals surface area contributed by atoms with Crippen LogP contribution in [-0.2, 0) is 0 Å². The highest BCUT2D eigenvalue weighted by Crippen LogP contribution is 2.45. The van der Waals surface area contributed by atoms with Crippen molar-refractivity contribution in [2.45, 2.75) is 31.2 Å². The second-order valence-electron chi connectivity index (χ2n) is 4.46. The molecule has 2 amide bonds. The molecule has 23 heavy (non-hydrogen) atoms. The Bertz CT molecular complexity index is 574. The standard InChI is InChI=1S/C12H10Cl2F6N2O/c1-2-10(11(15,16)17,12(18,19)20)22-9(23)21-8-5-6(13)3-4-7(8)14/h3-5H,2H2,1H3,(H2,21,22,23). The maximum atomic E-state index is 12.9. The summed E-state index contributed by atoms with van der Waals surface area (Å²) in [6.07, 6.45) is -12.9. The van der Waals surface area contributed by atoms with Gasteiger partial charge < -0.3 is 10.6 Å². The van der Waals surface area contributed by atoms with Crippen LogP contribution >= 0.6 is 23.2 Å². The largest absolute Gasteiger partial charge is 0.420 e. The van der Waals surface area contributed by atoms with Gasteiger partial charge in [0.25, 0.3) is 0 Å². The monoisotopic (exact) mass is 382 g/mol. The first-order valence-corrected chi connectivity index (χ1v) is 6.77. The first-order valence-electron chi connectivity index (χ1n) is 6.01. The third kappa shape index (κ3) is 4.14. The van der Waals surface area contributed by atoms with Gasteiger partial charge in [-0.1, -0.05) is 30.1 Å². The maximum absolute atomic E-state index is 12.9. The molecule has 0 unspecified atom stereocenters. The number of urea groups is 1. The van der Waals surface area contributed by atoms with Gasteiger partial charge >= 0.3 is 18.4 Å². The van der Waals surface area contributed by atoms with Crippen LogP contribution in [0, 0.1) is 0 Å². The fourth-order valence-corrected chi connectivity index (χ4v) is 2.07. The molecule has 0 aliphatic carbocycles. The number of carbonyl (C=O) groups is 1. The van der Waals surface area contributed by atoms with Crippen LogP contribution in [0.5, 0.6) is 0 Å². The van der Waals surface area contributed by atoms with Crippen molar-refractivity contribution in [3.8, 4) is 0 Å². The summed E-state index contributed by atoms with van der Waals surface area (Å²) in [4.78, 5) is 11.6. The SMILES string of the molecule is CCC(NC(=O)Nc1cc(Cl)ccc1Cl)(C(F)(F)F)C(F)(F)F. The summed E-state index contributed by atoms with van der Waals surface area (Å²) in [5.41, 5.74) is -4.61. The van der Waals surface area contributed by atoms with Gasteiger partial charge in [-0.25, -0.2) is 4.79 Å². The Morgan fingerprint density at radius 1 is 1.09 bits per heavy atom. The van der Waals surface area contributed by atoms with E-state index in [0.29, 0.717) is 6.92 Å². The molecule has 0 heterocycles. The van der Waals surface area contributed by atoms with Crippen LogP contribution in [0.1, 0.15) is 13.3 Å². The van der Waals surface area contributed by atoms with E-state index < -0.39 is 30.3 Å². The topological polar surface area (TPSA) is 41.1 Å². The average molecular weight is 383 g/mol. The Balaban J connectivity index is 3.10. The summed E-state index contributed by atoms with van der Waals surface area (Å²) in [6.45, 7) is 0.660. The number of halogens is 8. The van der Waals surface area contributed by atoms with Crippen LogP contribution in [0.2, 0.25) is 10.0 Å². The minimum absolute atomic E-state index is 0.0816. The van der Waals surface area contributed by atoms with E-state index in [1.807, 2.05) is 5.32 Å². The van der Waals surface area contributed by atoms with Crippen molar-refractivity contribution >= 4 is 34.9 Å². The average Bonchev–Trinajstić information content (AvgIpc) is 2.37. The van der Waals surface area contributed by atoms with Crippen LogP contribution < -0.4 is 10.6 Å². The predicted molar refractivity (Wildman–Crippen MR) is 73.7 cm³/mol. The number of anilines is 1. The number of rotatable bonds is 3. The lowest BCUT2D eigenvalue weighted by molar-refractivity contribution is -0.304. The number of amides is 2. The Morgan fingerprint density at radius 3 is 2.04 bits per heavy atom. The molecule has 0 bridgehead atoms. The molecule has 0 aliphatic rings. The number of carbonyl (C=O) groups excluding carboxylic acids is 1. The molecule has 0 aromatic heterocycles. The van der Waals surface area contributed by atoms with Crippen molar-refractivity contribution in [2.75, 3.05) is 5.32 Å². The summed E-state index contributed by atoms with van der Waals surface area (Å²) in [5, 5.41) is 2.75. The number of benzene rings is 1. The van der Waals surface area contributed by atoms with Crippen molar-refractivity contribution in [1.82, 2.24) is 5.32 Å². The molecular weight excluding hydrogens is 373 g/mol.